The van der Waals surface area contributed by atoms with Gasteiger partial charge in [0.25, 0.3) is 0 Å². The van der Waals surface area contributed by atoms with Crippen LogP contribution in [0.4, 0.5) is 10.1 Å². The maximum Gasteiger partial charge on any atom is 0.354 e. The Balaban J connectivity index is 1.72. The Bertz CT molecular complexity index is 1610. The minimum absolute atomic E-state index is 0.000442. The molecule has 0 amide bonds. The number of hydrogen-bond acceptors (Lipinski definition) is 7. The molecule has 4 N–H and O–H groups in total. The Morgan fingerprint density at radius 3 is 2.57 bits per heavy atom. The zero-order chi connectivity index (χ0) is 25.1. The number of pyridine rings is 1. The standard InChI is InChI=1S/C22H16ClFN6O5/c23-13-3-1-12(2-4-13)11-29-20(30(25)22(34)28-21(29)33)27-14-5-6-18(16(24)9-14)35-15-7-8-26-17(10-15)19(31)32/h1-10H,11,25H2,(H,31,32)(H,28,33,34)/b27-20-. The van der Waals surface area contributed by atoms with Gasteiger partial charge < -0.3 is 15.7 Å². The number of nitrogen functional groups attached to an aromatic ring is 1. The number of carbonyl (C=O) groups is 1. The van der Waals surface area contributed by atoms with Gasteiger partial charge in [-0.05, 0) is 35.9 Å². The maximum atomic E-state index is 14.7. The molecule has 2 heterocycles. The summed E-state index contributed by atoms with van der Waals surface area (Å²) in [6.07, 6.45) is 1.22. The minimum atomic E-state index is -1.26. The molecule has 11 nitrogen and oxygen atoms in total. The molecule has 0 spiro atoms. The molecular formula is C22H16ClFN6O5. The molecule has 0 radical (unpaired) electrons. The molecule has 0 bridgehead atoms. The van der Waals surface area contributed by atoms with Crippen LogP contribution in [0.2, 0.25) is 5.02 Å². The van der Waals surface area contributed by atoms with Crippen LogP contribution in [0, 0.1) is 5.82 Å². The lowest BCUT2D eigenvalue weighted by molar-refractivity contribution is 0.0690. The summed E-state index contributed by atoms with van der Waals surface area (Å²) in [5.74, 6) is 3.57. The van der Waals surface area contributed by atoms with Gasteiger partial charge in [-0.25, -0.2) is 28.8 Å². The summed E-state index contributed by atoms with van der Waals surface area (Å²) in [7, 11) is 0. The van der Waals surface area contributed by atoms with Gasteiger partial charge in [-0.15, -0.1) is 0 Å². The van der Waals surface area contributed by atoms with Crippen molar-refractivity contribution in [1.29, 1.82) is 0 Å². The molecule has 0 saturated heterocycles. The average Bonchev–Trinajstić information content (AvgIpc) is 2.83. The Hall–Kier alpha value is -4.71. The van der Waals surface area contributed by atoms with Crippen molar-refractivity contribution in [2.75, 3.05) is 5.84 Å². The number of ether oxygens (including phenoxy) is 1. The second-order valence-electron chi connectivity index (χ2n) is 7.13. The van der Waals surface area contributed by atoms with E-state index in [-0.39, 0.29) is 35.0 Å². The predicted octanol–water partition coefficient (Wildman–Crippen LogP) is 2.01. The second-order valence-corrected chi connectivity index (χ2v) is 7.56. The largest absolute Gasteiger partial charge is 0.477 e. The van der Waals surface area contributed by atoms with Crippen LogP contribution in [-0.2, 0) is 6.54 Å². The SMILES string of the molecule is Nn1c(=O)[nH]c(=O)n(Cc2ccc(Cl)cc2)/c1=N/c1ccc(Oc2ccnc(C(=O)O)c2)c(F)c1. The average molecular weight is 499 g/mol. The molecule has 178 valence electrons. The van der Waals surface area contributed by atoms with E-state index < -0.39 is 23.2 Å². The van der Waals surface area contributed by atoms with Gasteiger partial charge in [0.05, 0.1) is 12.2 Å². The van der Waals surface area contributed by atoms with Crippen molar-refractivity contribution in [1.82, 2.24) is 19.2 Å². The van der Waals surface area contributed by atoms with E-state index in [0.717, 1.165) is 16.7 Å². The molecule has 0 aliphatic rings. The first kappa shape index (κ1) is 23.4. The summed E-state index contributed by atoms with van der Waals surface area (Å²) in [4.78, 5) is 45.5. The van der Waals surface area contributed by atoms with E-state index >= 15 is 0 Å². The molecule has 2 aromatic carbocycles. The van der Waals surface area contributed by atoms with Gasteiger partial charge in [0.15, 0.2) is 17.3 Å². The third-order valence-corrected chi connectivity index (χ3v) is 4.96. The van der Waals surface area contributed by atoms with Crippen LogP contribution < -0.4 is 27.6 Å². The van der Waals surface area contributed by atoms with E-state index in [9.17, 15) is 18.8 Å². The van der Waals surface area contributed by atoms with Crippen LogP contribution in [-0.4, -0.2) is 30.3 Å². The first-order valence-corrected chi connectivity index (χ1v) is 10.3. The summed E-state index contributed by atoms with van der Waals surface area (Å²) < 4.78 is 21.9. The fourth-order valence-corrected chi connectivity index (χ4v) is 3.16. The van der Waals surface area contributed by atoms with Gasteiger partial charge in [-0.2, -0.15) is 4.68 Å². The number of aromatic carboxylic acids is 1. The summed E-state index contributed by atoms with van der Waals surface area (Å²) in [5, 5.41) is 9.53. The Kier molecular flexibility index (Phi) is 6.46. The van der Waals surface area contributed by atoms with Crippen LogP contribution in [0.5, 0.6) is 11.5 Å². The van der Waals surface area contributed by atoms with E-state index in [1.165, 1.54) is 24.4 Å². The van der Waals surface area contributed by atoms with Crippen molar-refractivity contribution < 1.29 is 19.0 Å². The molecule has 0 atom stereocenters. The Morgan fingerprint density at radius 1 is 1.14 bits per heavy atom. The number of halogens is 2. The van der Waals surface area contributed by atoms with Gasteiger partial charge in [0.2, 0.25) is 5.62 Å². The van der Waals surface area contributed by atoms with Crippen molar-refractivity contribution in [2.45, 2.75) is 6.54 Å². The summed E-state index contributed by atoms with van der Waals surface area (Å²) in [6, 6.07) is 12.8. The monoisotopic (exact) mass is 498 g/mol. The number of carboxylic acids is 1. The highest BCUT2D eigenvalue weighted by atomic mass is 35.5. The van der Waals surface area contributed by atoms with E-state index in [0.29, 0.717) is 15.3 Å². The number of nitrogens with two attached hydrogens (primary N) is 1. The number of carboxylic acid groups (broad SMARTS) is 1. The number of H-pyrrole nitrogens is 1. The summed E-state index contributed by atoms with van der Waals surface area (Å²) in [6.45, 7) is 0.000442. The number of aromatic amines is 1. The zero-order valence-electron chi connectivity index (χ0n) is 17.7. The third kappa shape index (κ3) is 5.28. The van der Waals surface area contributed by atoms with E-state index in [2.05, 4.69) is 15.0 Å². The molecule has 0 fully saturated rings. The second kappa shape index (κ2) is 9.65. The number of rotatable bonds is 6. The fourth-order valence-electron chi connectivity index (χ4n) is 3.04. The first-order chi connectivity index (χ1) is 16.7. The molecule has 13 heteroatoms. The van der Waals surface area contributed by atoms with Crippen LogP contribution in [0.25, 0.3) is 0 Å². The van der Waals surface area contributed by atoms with Crippen molar-refractivity contribution in [3.63, 3.8) is 0 Å². The number of hydrogen-bond donors (Lipinski definition) is 3. The summed E-state index contributed by atoms with van der Waals surface area (Å²) in [5.41, 5.74) is -1.47. The zero-order valence-corrected chi connectivity index (χ0v) is 18.4. The van der Waals surface area contributed by atoms with Gasteiger partial charge >= 0.3 is 17.3 Å². The lowest BCUT2D eigenvalue weighted by atomic mass is 10.2. The molecule has 0 aliphatic carbocycles. The first-order valence-electron chi connectivity index (χ1n) is 9.88. The van der Waals surface area contributed by atoms with Crippen LogP contribution in [0.15, 0.2) is 75.4 Å². The molecule has 0 saturated carbocycles. The molecule has 4 rings (SSSR count). The third-order valence-electron chi connectivity index (χ3n) is 4.71. The van der Waals surface area contributed by atoms with E-state index in [1.54, 1.807) is 24.3 Å². The van der Waals surface area contributed by atoms with Crippen molar-refractivity contribution in [2.24, 2.45) is 4.99 Å². The molecule has 0 aliphatic heterocycles. The minimum Gasteiger partial charge on any atom is -0.477 e. The number of nitrogens with one attached hydrogen (secondary N) is 1. The molecule has 2 aromatic heterocycles. The van der Waals surface area contributed by atoms with Crippen LogP contribution in [0.1, 0.15) is 16.1 Å². The molecule has 0 unspecified atom stereocenters. The lowest BCUT2D eigenvalue weighted by Crippen LogP contribution is -2.53. The van der Waals surface area contributed by atoms with Gasteiger partial charge in [-0.3, -0.25) is 9.55 Å². The molecule has 35 heavy (non-hydrogen) atoms. The predicted molar refractivity (Wildman–Crippen MR) is 123 cm³/mol. The topological polar surface area (TPSA) is 158 Å². The normalized spacial score (nSPS) is 11.4. The van der Waals surface area contributed by atoms with Gasteiger partial charge in [0, 0.05) is 23.4 Å². The smallest absolute Gasteiger partial charge is 0.354 e. The Morgan fingerprint density at radius 2 is 1.89 bits per heavy atom. The highest BCUT2D eigenvalue weighted by Crippen LogP contribution is 2.27. The maximum absolute atomic E-state index is 14.7. The highest BCUT2D eigenvalue weighted by Gasteiger charge is 2.11. The Labute approximate surface area is 200 Å². The van der Waals surface area contributed by atoms with Crippen molar-refractivity contribution in [3.8, 4) is 11.5 Å². The van der Waals surface area contributed by atoms with Crippen molar-refractivity contribution >= 4 is 23.3 Å². The van der Waals surface area contributed by atoms with Crippen molar-refractivity contribution in [3.05, 3.63) is 109 Å². The quantitative estimate of drug-likeness (QED) is 0.343. The molecule has 4 aromatic rings. The lowest BCUT2D eigenvalue weighted by Gasteiger charge is -2.10. The number of aromatic nitrogens is 4. The highest BCUT2D eigenvalue weighted by molar-refractivity contribution is 6.30. The number of benzene rings is 2. The molecular weight excluding hydrogens is 483 g/mol. The van der Waals surface area contributed by atoms with Gasteiger partial charge in [-0.1, -0.05) is 23.7 Å². The van der Waals surface area contributed by atoms with E-state index in [1.807, 2.05) is 0 Å². The number of nitrogens with zero attached hydrogens (tertiary/aromatic N) is 4. The van der Waals surface area contributed by atoms with E-state index in [4.69, 9.17) is 27.3 Å². The van der Waals surface area contributed by atoms with Crippen LogP contribution >= 0.6 is 11.6 Å². The van der Waals surface area contributed by atoms with Gasteiger partial charge in [0.1, 0.15) is 5.75 Å². The fraction of sp³-hybridized carbons (Fsp3) is 0.0455. The van der Waals surface area contributed by atoms with Crippen LogP contribution in [0.3, 0.4) is 0 Å². The summed E-state index contributed by atoms with van der Waals surface area (Å²) >= 11 is 5.90.